The van der Waals surface area contributed by atoms with Gasteiger partial charge in [0.15, 0.2) is 4.88 Å². The summed E-state index contributed by atoms with van der Waals surface area (Å²) in [6.45, 7) is 2.00. The number of benzene rings is 1. The molecule has 1 heterocycles. The van der Waals surface area contributed by atoms with E-state index in [1.54, 1.807) is 17.5 Å². The summed E-state index contributed by atoms with van der Waals surface area (Å²) >= 11 is 1.10. The maximum Gasteiger partial charge on any atom is 0.349 e. The fourth-order valence-corrected chi connectivity index (χ4v) is 2.19. The molecule has 0 bridgehead atoms. The fourth-order valence-electron chi connectivity index (χ4n) is 1.52. The number of thiophene rings is 1. The van der Waals surface area contributed by atoms with Crippen molar-refractivity contribution < 1.29 is 19.0 Å². The second kappa shape index (κ2) is 5.18. The van der Waals surface area contributed by atoms with Gasteiger partial charge in [0.2, 0.25) is 0 Å². The SMILES string of the molecule is Cc1ccc(F)cc1COc1ccsc1C(=O)O. The Balaban J connectivity index is 2.14. The molecule has 0 spiro atoms. The van der Waals surface area contributed by atoms with Crippen molar-refractivity contribution in [1.29, 1.82) is 0 Å². The largest absolute Gasteiger partial charge is 0.487 e. The van der Waals surface area contributed by atoms with Crippen LogP contribution in [-0.2, 0) is 6.61 Å². The molecule has 0 amide bonds. The van der Waals surface area contributed by atoms with Gasteiger partial charge in [-0.3, -0.25) is 0 Å². The van der Waals surface area contributed by atoms with Crippen LogP contribution in [-0.4, -0.2) is 11.1 Å². The van der Waals surface area contributed by atoms with Crippen LogP contribution in [0.15, 0.2) is 29.6 Å². The molecular weight excluding hydrogens is 255 g/mol. The molecule has 94 valence electrons. The molecule has 1 aromatic carbocycles. The summed E-state index contributed by atoms with van der Waals surface area (Å²) in [7, 11) is 0. The highest BCUT2D eigenvalue weighted by molar-refractivity contribution is 7.12. The van der Waals surface area contributed by atoms with E-state index >= 15 is 0 Å². The third kappa shape index (κ3) is 2.68. The van der Waals surface area contributed by atoms with Gasteiger partial charge in [0.1, 0.15) is 18.2 Å². The molecule has 0 unspecified atom stereocenters. The zero-order chi connectivity index (χ0) is 13.1. The van der Waals surface area contributed by atoms with Crippen LogP contribution in [0.25, 0.3) is 0 Å². The lowest BCUT2D eigenvalue weighted by atomic mass is 10.1. The third-order valence-electron chi connectivity index (χ3n) is 2.52. The second-order valence-corrected chi connectivity index (χ2v) is 4.69. The van der Waals surface area contributed by atoms with Gasteiger partial charge in [-0.05, 0) is 41.6 Å². The predicted octanol–water partition coefficient (Wildman–Crippen LogP) is 3.47. The lowest BCUT2D eigenvalue weighted by Crippen LogP contribution is -2.01. The van der Waals surface area contributed by atoms with Gasteiger partial charge in [-0.1, -0.05) is 6.07 Å². The average molecular weight is 266 g/mol. The monoisotopic (exact) mass is 266 g/mol. The lowest BCUT2D eigenvalue weighted by Gasteiger charge is -2.08. The minimum Gasteiger partial charge on any atom is -0.487 e. The van der Waals surface area contributed by atoms with Gasteiger partial charge in [-0.25, -0.2) is 9.18 Å². The Bertz CT molecular complexity index is 577. The van der Waals surface area contributed by atoms with Crippen molar-refractivity contribution in [3.8, 4) is 5.75 Å². The van der Waals surface area contributed by atoms with Crippen molar-refractivity contribution in [1.82, 2.24) is 0 Å². The Morgan fingerprint density at radius 3 is 2.94 bits per heavy atom. The lowest BCUT2D eigenvalue weighted by molar-refractivity contribution is 0.0697. The number of rotatable bonds is 4. The second-order valence-electron chi connectivity index (χ2n) is 3.78. The first-order chi connectivity index (χ1) is 8.58. The van der Waals surface area contributed by atoms with Crippen molar-refractivity contribution in [2.24, 2.45) is 0 Å². The first kappa shape index (κ1) is 12.6. The molecule has 0 aliphatic rings. The van der Waals surface area contributed by atoms with E-state index in [1.165, 1.54) is 12.1 Å². The third-order valence-corrected chi connectivity index (χ3v) is 3.40. The van der Waals surface area contributed by atoms with E-state index in [-0.39, 0.29) is 17.3 Å². The first-order valence-corrected chi connectivity index (χ1v) is 6.14. The maximum absolute atomic E-state index is 13.1. The summed E-state index contributed by atoms with van der Waals surface area (Å²) in [5.41, 5.74) is 1.61. The van der Waals surface area contributed by atoms with Crippen LogP contribution in [0.5, 0.6) is 5.75 Å². The molecule has 18 heavy (non-hydrogen) atoms. The first-order valence-electron chi connectivity index (χ1n) is 5.26. The van der Waals surface area contributed by atoms with Gasteiger partial charge >= 0.3 is 5.97 Å². The van der Waals surface area contributed by atoms with Crippen LogP contribution in [0, 0.1) is 12.7 Å². The Hall–Kier alpha value is -1.88. The summed E-state index contributed by atoms with van der Waals surface area (Å²) in [5, 5.41) is 10.6. The number of carboxylic acid groups (broad SMARTS) is 1. The molecule has 0 saturated carbocycles. The van der Waals surface area contributed by atoms with Crippen molar-refractivity contribution in [3.05, 3.63) is 51.5 Å². The summed E-state index contributed by atoms with van der Waals surface area (Å²) in [6.07, 6.45) is 0. The summed E-state index contributed by atoms with van der Waals surface area (Å²) in [6, 6.07) is 6.04. The van der Waals surface area contributed by atoms with Gasteiger partial charge in [0, 0.05) is 0 Å². The number of aromatic carboxylic acids is 1. The Labute approximate surface area is 107 Å². The number of ether oxygens (including phenoxy) is 1. The van der Waals surface area contributed by atoms with Crippen LogP contribution in [0.4, 0.5) is 4.39 Å². The van der Waals surface area contributed by atoms with E-state index in [2.05, 4.69) is 0 Å². The molecule has 2 rings (SSSR count). The molecule has 0 radical (unpaired) electrons. The van der Waals surface area contributed by atoms with Crippen molar-refractivity contribution in [2.75, 3.05) is 0 Å². The molecule has 0 aliphatic heterocycles. The van der Waals surface area contributed by atoms with E-state index in [0.29, 0.717) is 11.3 Å². The van der Waals surface area contributed by atoms with Crippen molar-refractivity contribution in [3.63, 3.8) is 0 Å². The molecule has 0 atom stereocenters. The Morgan fingerprint density at radius 1 is 1.44 bits per heavy atom. The Kier molecular flexibility index (Phi) is 3.62. The molecule has 2 aromatic rings. The van der Waals surface area contributed by atoms with Crippen molar-refractivity contribution >= 4 is 17.3 Å². The van der Waals surface area contributed by atoms with E-state index in [1.807, 2.05) is 6.92 Å². The molecule has 1 aromatic heterocycles. The number of carbonyl (C=O) groups is 1. The smallest absolute Gasteiger partial charge is 0.349 e. The molecule has 1 N–H and O–H groups in total. The summed E-state index contributed by atoms with van der Waals surface area (Å²) < 4.78 is 18.5. The quantitative estimate of drug-likeness (QED) is 0.921. The topological polar surface area (TPSA) is 46.5 Å². The van der Waals surface area contributed by atoms with E-state index in [4.69, 9.17) is 9.84 Å². The molecule has 0 fully saturated rings. The van der Waals surface area contributed by atoms with Crippen LogP contribution in [0.1, 0.15) is 20.8 Å². The molecule has 0 saturated heterocycles. The zero-order valence-electron chi connectivity index (χ0n) is 9.64. The van der Waals surface area contributed by atoms with Crippen LogP contribution >= 0.6 is 11.3 Å². The fraction of sp³-hybridized carbons (Fsp3) is 0.154. The highest BCUT2D eigenvalue weighted by Crippen LogP contribution is 2.26. The molecular formula is C13H11FO3S. The number of carboxylic acids is 1. The van der Waals surface area contributed by atoms with Crippen LogP contribution in [0.2, 0.25) is 0 Å². The average Bonchev–Trinajstić information content (AvgIpc) is 2.79. The van der Waals surface area contributed by atoms with Gasteiger partial charge in [0.25, 0.3) is 0 Å². The van der Waals surface area contributed by atoms with Crippen LogP contribution < -0.4 is 4.74 Å². The van der Waals surface area contributed by atoms with Crippen LogP contribution in [0.3, 0.4) is 0 Å². The van der Waals surface area contributed by atoms with Gasteiger partial charge in [-0.2, -0.15) is 0 Å². The predicted molar refractivity (Wildman–Crippen MR) is 66.7 cm³/mol. The number of hydrogen-bond donors (Lipinski definition) is 1. The standard InChI is InChI=1S/C13H11FO3S/c1-8-2-3-10(14)6-9(8)7-17-11-4-5-18-12(11)13(15)16/h2-6H,7H2,1H3,(H,15,16). The minimum absolute atomic E-state index is 0.153. The summed E-state index contributed by atoms with van der Waals surface area (Å²) in [4.78, 5) is 11.0. The van der Waals surface area contributed by atoms with Gasteiger partial charge in [-0.15, -0.1) is 11.3 Å². The van der Waals surface area contributed by atoms with Crippen molar-refractivity contribution in [2.45, 2.75) is 13.5 Å². The molecule has 5 heteroatoms. The zero-order valence-corrected chi connectivity index (χ0v) is 10.5. The maximum atomic E-state index is 13.1. The number of hydrogen-bond acceptors (Lipinski definition) is 3. The van der Waals surface area contributed by atoms with Gasteiger partial charge in [0.05, 0.1) is 0 Å². The molecule has 3 nitrogen and oxygen atoms in total. The van der Waals surface area contributed by atoms with E-state index in [0.717, 1.165) is 16.9 Å². The van der Waals surface area contributed by atoms with Gasteiger partial charge < -0.3 is 9.84 Å². The minimum atomic E-state index is -1.02. The highest BCUT2D eigenvalue weighted by Gasteiger charge is 2.13. The number of aryl methyl sites for hydroxylation is 1. The number of halogens is 1. The van der Waals surface area contributed by atoms with E-state index in [9.17, 15) is 9.18 Å². The normalized spacial score (nSPS) is 10.3. The highest BCUT2D eigenvalue weighted by atomic mass is 32.1. The van der Waals surface area contributed by atoms with E-state index < -0.39 is 5.97 Å². The molecule has 0 aliphatic carbocycles. The Morgan fingerprint density at radius 2 is 2.22 bits per heavy atom. The summed E-state index contributed by atoms with van der Waals surface area (Å²) in [5.74, 6) is -1.03.